The van der Waals surface area contributed by atoms with Gasteiger partial charge in [0.05, 0.1) is 11.7 Å². The molecule has 2 heterocycles. The van der Waals surface area contributed by atoms with Crippen LogP contribution < -0.4 is 5.32 Å². The lowest BCUT2D eigenvalue weighted by Crippen LogP contribution is -2.29. The number of aliphatic carboxylic acids is 1. The molecular weight excluding hydrogens is 353 g/mol. The first-order chi connectivity index (χ1) is 12.8. The number of pyridine rings is 1. The van der Waals surface area contributed by atoms with Crippen LogP contribution in [0.1, 0.15) is 27.3 Å². The van der Waals surface area contributed by atoms with Gasteiger partial charge in [-0.1, -0.05) is 12.1 Å². The van der Waals surface area contributed by atoms with Crippen LogP contribution in [0, 0.1) is 19.7 Å². The van der Waals surface area contributed by atoms with Crippen molar-refractivity contribution < 1.29 is 24.2 Å². The number of carbonyl (C=O) groups excluding carboxylic acids is 1. The number of aromatic nitrogens is 2. The second-order valence-corrected chi connectivity index (χ2v) is 6.22. The van der Waals surface area contributed by atoms with Gasteiger partial charge in [0.15, 0.2) is 11.4 Å². The highest BCUT2D eigenvalue weighted by atomic mass is 19.1. The number of amides is 1. The molecule has 0 bridgehead atoms. The second-order valence-electron chi connectivity index (χ2n) is 6.22. The van der Waals surface area contributed by atoms with E-state index < -0.39 is 18.4 Å². The average molecular weight is 371 g/mol. The molecule has 140 valence electrons. The van der Waals surface area contributed by atoms with E-state index in [4.69, 9.17) is 5.11 Å². The zero-order valence-electron chi connectivity index (χ0n) is 14.8. The van der Waals surface area contributed by atoms with E-state index in [0.717, 1.165) is 16.8 Å². The Morgan fingerprint density at radius 1 is 1.22 bits per heavy atom. The number of hydrogen-bond donors (Lipinski definition) is 3. The Morgan fingerprint density at radius 3 is 2.52 bits per heavy atom. The van der Waals surface area contributed by atoms with Gasteiger partial charge in [-0.25, -0.2) is 9.37 Å². The van der Waals surface area contributed by atoms with Crippen LogP contribution in [0.5, 0.6) is 5.75 Å². The van der Waals surface area contributed by atoms with Gasteiger partial charge in [0.2, 0.25) is 0 Å². The molecule has 0 radical (unpaired) electrons. The van der Waals surface area contributed by atoms with Gasteiger partial charge < -0.3 is 20.1 Å². The summed E-state index contributed by atoms with van der Waals surface area (Å²) in [7, 11) is 0. The number of carboxylic acids is 1. The quantitative estimate of drug-likeness (QED) is 0.639. The number of nitrogens with zero attached hydrogens (tertiary/aromatic N) is 2. The van der Waals surface area contributed by atoms with E-state index in [1.165, 1.54) is 18.3 Å². The van der Waals surface area contributed by atoms with E-state index >= 15 is 0 Å². The van der Waals surface area contributed by atoms with Gasteiger partial charge in [-0.2, -0.15) is 0 Å². The van der Waals surface area contributed by atoms with Crippen LogP contribution >= 0.6 is 0 Å². The van der Waals surface area contributed by atoms with Crippen molar-refractivity contribution in [2.75, 3.05) is 6.54 Å². The fraction of sp³-hybridized carbons (Fsp3) is 0.211. The molecule has 0 atom stereocenters. The van der Waals surface area contributed by atoms with E-state index in [2.05, 4.69) is 10.3 Å². The molecule has 0 aliphatic rings. The maximum Gasteiger partial charge on any atom is 0.322 e. The molecule has 0 fully saturated rings. The summed E-state index contributed by atoms with van der Waals surface area (Å²) in [5.41, 5.74) is 2.92. The Balaban J connectivity index is 2.04. The molecule has 0 spiro atoms. The average Bonchev–Trinajstić information content (AvgIpc) is 2.87. The third-order valence-electron chi connectivity index (χ3n) is 4.52. The summed E-state index contributed by atoms with van der Waals surface area (Å²) in [6, 6.07) is 6.11. The number of hydrogen-bond acceptors (Lipinski definition) is 4. The monoisotopic (exact) mass is 371 g/mol. The Bertz CT molecular complexity index is 1040. The molecule has 0 saturated carbocycles. The van der Waals surface area contributed by atoms with Crippen molar-refractivity contribution in [2.45, 2.75) is 20.4 Å². The Hall–Kier alpha value is -3.42. The highest BCUT2D eigenvalue weighted by molar-refractivity contribution is 6.03. The number of aromatic hydroxyl groups is 1. The van der Waals surface area contributed by atoms with Gasteiger partial charge in [0.25, 0.3) is 5.91 Å². The van der Waals surface area contributed by atoms with Crippen molar-refractivity contribution in [3.63, 3.8) is 0 Å². The molecule has 3 N–H and O–H groups in total. The van der Waals surface area contributed by atoms with Gasteiger partial charge in [0, 0.05) is 17.6 Å². The highest BCUT2D eigenvalue weighted by Gasteiger charge is 2.21. The van der Waals surface area contributed by atoms with E-state index in [1.54, 1.807) is 12.1 Å². The zero-order chi connectivity index (χ0) is 19.7. The summed E-state index contributed by atoms with van der Waals surface area (Å²) in [4.78, 5) is 26.7. The van der Waals surface area contributed by atoms with Crippen LogP contribution in [0.3, 0.4) is 0 Å². The van der Waals surface area contributed by atoms with E-state index in [9.17, 15) is 19.1 Å². The lowest BCUT2D eigenvalue weighted by Gasteiger charge is -2.09. The number of benzene rings is 1. The molecule has 1 aromatic carbocycles. The number of nitrogens with one attached hydrogen (secondary N) is 1. The van der Waals surface area contributed by atoms with Crippen molar-refractivity contribution in [2.24, 2.45) is 0 Å². The summed E-state index contributed by atoms with van der Waals surface area (Å²) in [5, 5.41) is 21.9. The largest absolute Gasteiger partial charge is 0.505 e. The smallest absolute Gasteiger partial charge is 0.322 e. The number of halogens is 1. The van der Waals surface area contributed by atoms with Crippen LogP contribution in [-0.2, 0) is 11.3 Å². The van der Waals surface area contributed by atoms with Gasteiger partial charge in [-0.15, -0.1) is 0 Å². The van der Waals surface area contributed by atoms with Crippen LogP contribution in [-0.4, -0.2) is 38.2 Å². The molecule has 27 heavy (non-hydrogen) atoms. The maximum atomic E-state index is 13.1. The number of rotatable bonds is 5. The minimum atomic E-state index is -1.19. The SMILES string of the molecule is Cc1c(C)n(Cc2ccc(F)cc2)c2cnc(C(=O)NCC(=O)O)c(O)c12. The van der Waals surface area contributed by atoms with Crippen LogP contribution in [0.4, 0.5) is 4.39 Å². The summed E-state index contributed by atoms with van der Waals surface area (Å²) >= 11 is 0. The van der Waals surface area contributed by atoms with E-state index in [1.807, 2.05) is 18.4 Å². The third kappa shape index (κ3) is 3.46. The van der Waals surface area contributed by atoms with Crippen molar-refractivity contribution in [1.82, 2.24) is 14.9 Å². The van der Waals surface area contributed by atoms with Gasteiger partial charge >= 0.3 is 5.97 Å². The zero-order valence-corrected chi connectivity index (χ0v) is 14.8. The molecule has 0 aliphatic carbocycles. The molecule has 0 unspecified atom stereocenters. The van der Waals surface area contributed by atoms with Gasteiger partial charge in [-0.05, 0) is 37.1 Å². The first-order valence-corrected chi connectivity index (χ1v) is 8.21. The molecular formula is C19H18FN3O4. The number of aryl methyl sites for hydroxylation is 1. The molecule has 1 amide bonds. The topological polar surface area (TPSA) is 104 Å². The Kier molecular flexibility index (Phi) is 4.81. The Morgan fingerprint density at radius 2 is 1.89 bits per heavy atom. The number of carboxylic acid groups (broad SMARTS) is 1. The van der Waals surface area contributed by atoms with Crippen molar-refractivity contribution >= 4 is 22.8 Å². The fourth-order valence-corrected chi connectivity index (χ4v) is 3.01. The fourth-order valence-electron chi connectivity index (χ4n) is 3.01. The maximum absolute atomic E-state index is 13.1. The summed E-state index contributed by atoms with van der Waals surface area (Å²) in [6.45, 7) is 3.57. The van der Waals surface area contributed by atoms with Crippen LogP contribution in [0.25, 0.3) is 10.9 Å². The van der Waals surface area contributed by atoms with Crippen LogP contribution in [0.2, 0.25) is 0 Å². The molecule has 8 heteroatoms. The number of fused-ring (bicyclic) bond motifs is 1. The summed E-state index contributed by atoms with van der Waals surface area (Å²) < 4.78 is 15.0. The minimum Gasteiger partial charge on any atom is -0.505 e. The lowest BCUT2D eigenvalue weighted by atomic mass is 10.1. The Labute approximate surface area is 154 Å². The van der Waals surface area contributed by atoms with Gasteiger partial charge in [-0.3, -0.25) is 9.59 Å². The lowest BCUT2D eigenvalue weighted by molar-refractivity contribution is -0.135. The normalized spacial score (nSPS) is 10.9. The standard InChI is InChI=1S/C19H18FN3O4/c1-10-11(2)23(9-12-3-5-13(20)6-4-12)14-7-21-17(18(26)16(10)14)19(27)22-8-15(24)25/h3-7,26H,8-9H2,1-2H3,(H,22,27)(H,24,25). The minimum absolute atomic E-state index is 0.231. The van der Waals surface area contributed by atoms with Crippen molar-refractivity contribution in [3.8, 4) is 5.75 Å². The molecule has 7 nitrogen and oxygen atoms in total. The molecule has 3 rings (SSSR count). The molecule has 0 aliphatic heterocycles. The number of carbonyl (C=O) groups is 2. The van der Waals surface area contributed by atoms with Crippen molar-refractivity contribution in [1.29, 1.82) is 0 Å². The molecule has 0 saturated heterocycles. The third-order valence-corrected chi connectivity index (χ3v) is 4.52. The second kappa shape index (κ2) is 7.06. The predicted octanol–water partition coefficient (Wildman–Crippen LogP) is 2.36. The molecule has 3 aromatic rings. The first kappa shape index (κ1) is 18.4. The van der Waals surface area contributed by atoms with Crippen LogP contribution in [0.15, 0.2) is 30.5 Å². The first-order valence-electron chi connectivity index (χ1n) is 8.21. The van der Waals surface area contributed by atoms with E-state index in [-0.39, 0.29) is 17.3 Å². The molecule has 2 aromatic heterocycles. The highest BCUT2D eigenvalue weighted by Crippen LogP contribution is 2.34. The van der Waals surface area contributed by atoms with E-state index in [0.29, 0.717) is 17.4 Å². The van der Waals surface area contributed by atoms with Gasteiger partial charge in [0.1, 0.15) is 12.4 Å². The summed E-state index contributed by atoms with van der Waals surface area (Å²) in [6.07, 6.45) is 1.47. The van der Waals surface area contributed by atoms with Crippen molar-refractivity contribution in [3.05, 3.63) is 58.8 Å². The predicted molar refractivity (Wildman–Crippen MR) is 96.3 cm³/mol. The summed E-state index contributed by atoms with van der Waals surface area (Å²) in [5.74, 6) is -2.57.